The van der Waals surface area contributed by atoms with Crippen molar-refractivity contribution < 1.29 is 4.79 Å². The van der Waals surface area contributed by atoms with Crippen LogP contribution < -0.4 is 0 Å². The first-order valence-electron chi connectivity index (χ1n) is 8.50. The van der Waals surface area contributed by atoms with E-state index in [2.05, 4.69) is 66.6 Å². The molecule has 22 heavy (non-hydrogen) atoms. The number of amides is 1. The summed E-state index contributed by atoms with van der Waals surface area (Å²) >= 11 is 0. The number of likely N-dealkylation sites (tertiary alicyclic amines) is 1. The summed E-state index contributed by atoms with van der Waals surface area (Å²) in [6.45, 7) is 8.96. The van der Waals surface area contributed by atoms with Crippen molar-refractivity contribution in [2.45, 2.75) is 38.4 Å². The van der Waals surface area contributed by atoms with Crippen molar-refractivity contribution in [1.29, 1.82) is 0 Å². The van der Waals surface area contributed by atoms with Gasteiger partial charge in [0.15, 0.2) is 0 Å². The smallest absolute Gasteiger partial charge is 0.226 e. The number of carbonyl (C=O) groups is 1. The van der Waals surface area contributed by atoms with E-state index in [0.717, 1.165) is 13.1 Å². The van der Waals surface area contributed by atoms with Crippen molar-refractivity contribution in [2.24, 2.45) is 11.8 Å². The molecular weight excluding hydrogens is 286 g/mol. The fourth-order valence-electron chi connectivity index (χ4n) is 3.55. The van der Waals surface area contributed by atoms with E-state index in [4.69, 9.17) is 0 Å². The van der Waals surface area contributed by atoms with Crippen LogP contribution in [0.15, 0.2) is 42.1 Å². The lowest BCUT2D eigenvalue weighted by Crippen LogP contribution is -2.29. The van der Waals surface area contributed by atoms with Gasteiger partial charge in [-0.05, 0) is 24.3 Å². The molecule has 3 rings (SSSR count). The number of nitrogens with zero attached hydrogens (tertiary/aromatic N) is 1. The van der Waals surface area contributed by atoms with Gasteiger partial charge in [-0.2, -0.15) is 0 Å². The Kier molecular flexibility index (Phi) is 4.26. The van der Waals surface area contributed by atoms with Crippen LogP contribution in [-0.2, 0) is 4.79 Å². The molecule has 2 nitrogen and oxygen atoms in total. The van der Waals surface area contributed by atoms with E-state index in [1.807, 2.05) is 0 Å². The Morgan fingerprint density at radius 1 is 1.14 bits per heavy atom. The predicted octanol–water partition coefficient (Wildman–Crippen LogP) is 4.07. The van der Waals surface area contributed by atoms with Crippen molar-refractivity contribution in [2.75, 3.05) is 13.1 Å². The van der Waals surface area contributed by atoms with E-state index >= 15 is 0 Å². The second-order valence-corrected chi connectivity index (χ2v) is 12.9. The normalized spacial score (nSPS) is 28.3. The third kappa shape index (κ3) is 3.35. The maximum absolute atomic E-state index is 12.8. The van der Waals surface area contributed by atoms with Crippen LogP contribution in [-0.4, -0.2) is 32.0 Å². The van der Waals surface area contributed by atoms with Crippen LogP contribution in [0.25, 0.3) is 0 Å². The third-order valence-corrected chi connectivity index (χ3v) is 5.97. The molecule has 0 unspecified atom stereocenters. The van der Waals surface area contributed by atoms with E-state index < -0.39 is 8.07 Å². The first-order valence-corrected chi connectivity index (χ1v) is 12.1. The quantitative estimate of drug-likeness (QED) is 0.767. The summed E-state index contributed by atoms with van der Waals surface area (Å²) in [5.74, 6) is 1.36. The summed E-state index contributed by atoms with van der Waals surface area (Å²) in [5.41, 5.74) is 3.73. The van der Waals surface area contributed by atoms with Gasteiger partial charge in [0.25, 0.3) is 0 Å². The van der Waals surface area contributed by atoms with Crippen LogP contribution in [0.1, 0.15) is 24.3 Å². The average Bonchev–Trinajstić information content (AvgIpc) is 2.93. The molecule has 2 fully saturated rings. The van der Waals surface area contributed by atoms with Crippen LogP contribution in [0.4, 0.5) is 0 Å². The molecule has 118 valence electrons. The Balaban J connectivity index is 1.79. The highest BCUT2D eigenvalue weighted by Crippen LogP contribution is 2.56. The van der Waals surface area contributed by atoms with Gasteiger partial charge in [-0.1, -0.05) is 61.7 Å². The predicted molar refractivity (Wildman–Crippen MR) is 94.5 cm³/mol. The van der Waals surface area contributed by atoms with Crippen LogP contribution >= 0.6 is 0 Å². The lowest BCUT2D eigenvalue weighted by molar-refractivity contribution is -0.131. The van der Waals surface area contributed by atoms with Crippen molar-refractivity contribution in [3.63, 3.8) is 0 Å². The first kappa shape index (κ1) is 15.5. The molecule has 1 saturated carbocycles. The summed E-state index contributed by atoms with van der Waals surface area (Å²) in [6.07, 6.45) is 4.69. The molecule has 0 aromatic heterocycles. The number of hydrogen-bond donors (Lipinski definition) is 0. The van der Waals surface area contributed by atoms with Gasteiger partial charge in [-0.15, -0.1) is 0 Å². The molecule has 1 heterocycles. The topological polar surface area (TPSA) is 20.3 Å². The third-order valence-electron chi connectivity index (χ3n) is 4.78. The van der Waals surface area contributed by atoms with Crippen molar-refractivity contribution in [1.82, 2.24) is 4.90 Å². The van der Waals surface area contributed by atoms with Gasteiger partial charge in [-0.3, -0.25) is 4.79 Å². The maximum Gasteiger partial charge on any atom is 0.226 e. The molecule has 1 aromatic carbocycles. The van der Waals surface area contributed by atoms with Gasteiger partial charge in [0.2, 0.25) is 5.91 Å². The fraction of sp³-hybridized carbons (Fsp3) is 0.526. The van der Waals surface area contributed by atoms with Gasteiger partial charge in [0.1, 0.15) is 0 Å². The largest absolute Gasteiger partial charge is 0.342 e. The molecule has 3 atom stereocenters. The number of hydrogen-bond acceptors (Lipinski definition) is 1. The van der Waals surface area contributed by atoms with Crippen molar-refractivity contribution in [3.05, 3.63) is 47.7 Å². The highest BCUT2D eigenvalue weighted by Gasteiger charge is 2.55. The molecular formula is C19H27NOSi. The molecule has 1 saturated heterocycles. The minimum absolute atomic E-state index is 0.174. The van der Waals surface area contributed by atoms with Gasteiger partial charge in [0.05, 0.1) is 14.0 Å². The SMILES string of the molecule is C[Si](C)(C)/C=C/[C@@H]1[C@@H](C(=O)N2CCCC2)[C@@H]1c1ccccc1. The first-order chi connectivity index (χ1) is 10.5. The van der Waals surface area contributed by atoms with Crippen LogP contribution in [0, 0.1) is 11.8 Å². The number of benzene rings is 1. The molecule has 0 bridgehead atoms. The Morgan fingerprint density at radius 2 is 1.77 bits per heavy atom. The van der Waals surface area contributed by atoms with Crippen LogP contribution in [0.3, 0.4) is 0 Å². The zero-order valence-corrected chi connectivity index (χ0v) is 15.0. The second-order valence-electron chi connectivity index (χ2n) is 7.80. The zero-order chi connectivity index (χ0) is 15.7. The van der Waals surface area contributed by atoms with Crippen LogP contribution in [0.2, 0.25) is 19.6 Å². The van der Waals surface area contributed by atoms with Gasteiger partial charge in [0, 0.05) is 19.0 Å². The van der Waals surface area contributed by atoms with E-state index in [0.29, 0.717) is 17.7 Å². The number of allylic oxidation sites excluding steroid dienone is 1. The van der Waals surface area contributed by atoms with Crippen LogP contribution in [0.5, 0.6) is 0 Å². The molecule has 2 aliphatic rings. The summed E-state index contributed by atoms with van der Waals surface area (Å²) in [6, 6.07) is 10.6. The Labute approximate surface area is 135 Å². The molecule has 0 spiro atoms. The molecule has 1 aliphatic carbocycles. The zero-order valence-electron chi connectivity index (χ0n) is 14.0. The molecule has 1 amide bonds. The monoisotopic (exact) mass is 313 g/mol. The Morgan fingerprint density at radius 3 is 2.36 bits per heavy atom. The summed E-state index contributed by atoms with van der Waals surface area (Å²) in [4.78, 5) is 14.9. The second kappa shape index (κ2) is 6.03. The van der Waals surface area contributed by atoms with Gasteiger partial charge >= 0.3 is 0 Å². The lowest BCUT2D eigenvalue weighted by atomic mass is 10.1. The van der Waals surface area contributed by atoms with E-state index in [9.17, 15) is 4.79 Å². The van der Waals surface area contributed by atoms with Crippen molar-refractivity contribution >= 4 is 14.0 Å². The highest BCUT2D eigenvalue weighted by atomic mass is 28.3. The van der Waals surface area contributed by atoms with E-state index in [-0.39, 0.29) is 5.92 Å². The molecule has 1 aromatic rings. The maximum atomic E-state index is 12.8. The summed E-state index contributed by atoms with van der Waals surface area (Å²) in [5, 5.41) is 0. The lowest BCUT2D eigenvalue weighted by Gasteiger charge is -2.15. The Bertz CT molecular complexity index is 555. The van der Waals surface area contributed by atoms with E-state index in [1.54, 1.807) is 0 Å². The van der Waals surface area contributed by atoms with Crippen molar-refractivity contribution in [3.8, 4) is 0 Å². The fourth-order valence-corrected chi connectivity index (χ4v) is 4.34. The van der Waals surface area contributed by atoms with E-state index in [1.165, 1.54) is 18.4 Å². The number of carbonyl (C=O) groups excluding carboxylic acids is 1. The number of rotatable bonds is 4. The minimum Gasteiger partial charge on any atom is -0.342 e. The van der Waals surface area contributed by atoms with Gasteiger partial charge < -0.3 is 4.90 Å². The summed E-state index contributed by atoms with van der Waals surface area (Å²) < 4.78 is 0. The van der Waals surface area contributed by atoms with Gasteiger partial charge in [-0.25, -0.2) is 0 Å². The minimum atomic E-state index is -1.21. The molecule has 0 N–H and O–H groups in total. The molecule has 0 radical (unpaired) electrons. The molecule has 3 heteroatoms. The summed E-state index contributed by atoms with van der Waals surface area (Å²) in [7, 11) is -1.21. The standard InChI is InChI=1S/C19H27NOSi/c1-22(2,3)14-11-16-17(15-9-5-4-6-10-15)18(16)19(21)20-12-7-8-13-20/h4-6,9-11,14,16-18H,7-8,12-13H2,1-3H3/b14-11+/t16-,17+,18+/m0/s1. The Hall–Kier alpha value is -1.35. The average molecular weight is 314 g/mol. The highest BCUT2D eigenvalue weighted by molar-refractivity contribution is 6.80. The molecule has 1 aliphatic heterocycles.